The molecule has 176 valence electrons. The highest BCUT2D eigenvalue weighted by Crippen LogP contribution is 2.46. The summed E-state index contributed by atoms with van der Waals surface area (Å²) in [6.45, 7) is 4.60. The van der Waals surface area contributed by atoms with Gasteiger partial charge in [-0.25, -0.2) is 19.9 Å². The molecule has 37 heavy (non-hydrogen) atoms. The molecule has 6 nitrogen and oxygen atoms in total. The highest BCUT2D eigenvalue weighted by atomic mass is 15.1. The molecule has 8 rings (SSSR count). The SMILES string of the molecule is CC1(C)c2cc(-n3c4ccccc4c4ccccc43)ccc2-n2c(-c3ncncn3)nc3cccc1c32. The molecular weight excluding hydrogens is 456 g/mol. The molecule has 4 aromatic carbocycles. The summed E-state index contributed by atoms with van der Waals surface area (Å²) in [4.78, 5) is 17.9. The summed E-state index contributed by atoms with van der Waals surface area (Å²) in [5, 5.41) is 2.52. The van der Waals surface area contributed by atoms with Gasteiger partial charge < -0.3 is 4.57 Å². The maximum atomic E-state index is 4.98. The number of fused-ring (bicyclic) bond motifs is 5. The number of imidazole rings is 1. The van der Waals surface area contributed by atoms with Crippen LogP contribution in [-0.4, -0.2) is 29.1 Å². The first-order valence-corrected chi connectivity index (χ1v) is 12.4. The Hall–Kier alpha value is -4.84. The number of benzene rings is 4. The Kier molecular flexibility index (Phi) is 3.91. The molecule has 4 heterocycles. The summed E-state index contributed by atoms with van der Waals surface area (Å²) in [6.07, 6.45) is 3.05. The predicted octanol–water partition coefficient (Wildman–Crippen LogP) is 6.61. The number of hydrogen-bond donors (Lipinski definition) is 0. The standard InChI is InChI=1S/C31H22N6/c1-31(2)22-10-7-11-24-28(22)37(30(35-24)29-33-17-32-18-34-29)27-15-14-19(16-23(27)31)36-25-12-5-3-8-20(25)21-9-4-6-13-26(21)36/h3-18H,1-2H3. The van der Waals surface area contributed by atoms with E-state index in [0.29, 0.717) is 5.82 Å². The van der Waals surface area contributed by atoms with Gasteiger partial charge in [0.15, 0.2) is 11.6 Å². The van der Waals surface area contributed by atoms with E-state index in [4.69, 9.17) is 4.98 Å². The lowest BCUT2D eigenvalue weighted by Crippen LogP contribution is -2.27. The third-order valence-electron chi connectivity index (χ3n) is 7.78. The number of rotatable bonds is 2. The molecule has 0 saturated carbocycles. The molecule has 0 amide bonds. The lowest BCUT2D eigenvalue weighted by atomic mass is 9.74. The van der Waals surface area contributed by atoms with Gasteiger partial charge >= 0.3 is 0 Å². The topological polar surface area (TPSA) is 61.4 Å². The van der Waals surface area contributed by atoms with E-state index in [2.05, 4.69) is 123 Å². The van der Waals surface area contributed by atoms with E-state index in [1.165, 1.54) is 45.6 Å². The Morgan fingerprint density at radius 1 is 0.676 bits per heavy atom. The molecule has 7 aromatic rings. The van der Waals surface area contributed by atoms with Gasteiger partial charge in [0, 0.05) is 21.9 Å². The van der Waals surface area contributed by atoms with E-state index in [9.17, 15) is 0 Å². The first kappa shape index (κ1) is 20.4. The van der Waals surface area contributed by atoms with E-state index in [-0.39, 0.29) is 5.41 Å². The van der Waals surface area contributed by atoms with Crippen molar-refractivity contribution >= 4 is 32.8 Å². The smallest absolute Gasteiger partial charge is 0.199 e. The van der Waals surface area contributed by atoms with E-state index >= 15 is 0 Å². The van der Waals surface area contributed by atoms with Crippen molar-refractivity contribution in [3.8, 4) is 23.0 Å². The lowest BCUT2D eigenvalue weighted by Gasteiger charge is -2.35. The summed E-state index contributed by atoms with van der Waals surface area (Å²) in [6, 6.07) is 30.4. The van der Waals surface area contributed by atoms with E-state index in [1.807, 2.05) is 0 Å². The average Bonchev–Trinajstić information content (AvgIpc) is 3.49. The van der Waals surface area contributed by atoms with Crippen LogP contribution in [0.25, 0.3) is 55.9 Å². The van der Waals surface area contributed by atoms with E-state index in [1.54, 1.807) is 0 Å². The van der Waals surface area contributed by atoms with Crippen LogP contribution in [0.15, 0.2) is 97.6 Å². The molecule has 0 radical (unpaired) electrons. The number of nitrogens with zero attached hydrogens (tertiary/aromatic N) is 6. The van der Waals surface area contributed by atoms with Gasteiger partial charge in [-0.1, -0.05) is 62.4 Å². The second-order valence-corrected chi connectivity index (χ2v) is 10.1. The minimum Gasteiger partial charge on any atom is -0.309 e. The van der Waals surface area contributed by atoms with Crippen molar-refractivity contribution < 1.29 is 0 Å². The molecule has 0 saturated heterocycles. The molecule has 0 N–H and O–H groups in total. The van der Waals surface area contributed by atoms with Gasteiger partial charge in [-0.2, -0.15) is 0 Å². The first-order chi connectivity index (χ1) is 18.1. The zero-order valence-corrected chi connectivity index (χ0v) is 20.4. The van der Waals surface area contributed by atoms with Crippen molar-refractivity contribution in [3.05, 3.63) is 109 Å². The quantitative estimate of drug-likeness (QED) is 0.280. The van der Waals surface area contributed by atoms with Crippen LogP contribution >= 0.6 is 0 Å². The third kappa shape index (κ3) is 2.64. The van der Waals surface area contributed by atoms with Crippen LogP contribution in [0.3, 0.4) is 0 Å². The number of aromatic nitrogens is 6. The lowest BCUT2D eigenvalue weighted by molar-refractivity contribution is 0.628. The Balaban J connectivity index is 1.46. The van der Waals surface area contributed by atoms with Gasteiger partial charge in [-0.15, -0.1) is 0 Å². The number of para-hydroxylation sites is 3. The van der Waals surface area contributed by atoms with Gasteiger partial charge in [-0.3, -0.25) is 4.57 Å². The fraction of sp³-hybridized carbons (Fsp3) is 0.0968. The molecule has 0 bridgehead atoms. The van der Waals surface area contributed by atoms with Crippen LogP contribution < -0.4 is 0 Å². The normalized spacial score (nSPS) is 13.9. The maximum absolute atomic E-state index is 4.98. The van der Waals surface area contributed by atoms with Crippen LogP contribution in [0.2, 0.25) is 0 Å². The second-order valence-electron chi connectivity index (χ2n) is 10.1. The summed E-state index contributed by atoms with van der Waals surface area (Å²) < 4.78 is 4.59. The average molecular weight is 479 g/mol. The molecular formula is C31H22N6. The highest BCUT2D eigenvalue weighted by molar-refractivity contribution is 6.09. The highest BCUT2D eigenvalue weighted by Gasteiger charge is 2.36. The largest absolute Gasteiger partial charge is 0.309 e. The molecule has 0 atom stereocenters. The molecule has 0 aliphatic carbocycles. The van der Waals surface area contributed by atoms with Crippen LogP contribution in [-0.2, 0) is 5.41 Å². The fourth-order valence-electron chi connectivity index (χ4n) is 6.07. The maximum Gasteiger partial charge on any atom is 0.199 e. The van der Waals surface area contributed by atoms with Crippen molar-refractivity contribution in [2.45, 2.75) is 19.3 Å². The second kappa shape index (κ2) is 7.11. The van der Waals surface area contributed by atoms with Gasteiger partial charge in [0.05, 0.1) is 27.8 Å². The summed E-state index contributed by atoms with van der Waals surface area (Å²) in [5.74, 6) is 1.29. The monoisotopic (exact) mass is 478 g/mol. The molecule has 0 spiro atoms. The van der Waals surface area contributed by atoms with Gasteiger partial charge in [0.25, 0.3) is 0 Å². The van der Waals surface area contributed by atoms with Gasteiger partial charge in [-0.05, 0) is 47.5 Å². The van der Waals surface area contributed by atoms with Crippen molar-refractivity contribution in [3.63, 3.8) is 0 Å². The molecule has 1 aliphatic rings. The molecule has 0 fully saturated rings. The molecule has 3 aromatic heterocycles. The predicted molar refractivity (Wildman–Crippen MR) is 146 cm³/mol. The van der Waals surface area contributed by atoms with Crippen molar-refractivity contribution in [1.29, 1.82) is 0 Å². The number of hydrogen-bond acceptors (Lipinski definition) is 4. The zero-order valence-electron chi connectivity index (χ0n) is 20.4. The van der Waals surface area contributed by atoms with Crippen molar-refractivity contribution in [2.24, 2.45) is 0 Å². The van der Waals surface area contributed by atoms with Gasteiger partial charge in [0.2, 0.25) is 0 Å². The Morgan fingerprint density at radius 2 is 1.38 bits per heavy atom. The summed E-state index contributed by atoms with van der Waals surface area (Å²) in [7, 11) is 0. The van der Waals surface area contributed by atoms with E-state index in [0.717, 1.165) is 28.2 Å². The van der Waals surface area contributed by atoms with Crippen LogP contribution in [0, 0.1) is 0 Å². The van der Waals surface area contributed by atoms with Crippen molar-refractivity contribution in [2.75, 3.05) is 0 Å². The Bertz CT molecular complexity index is 1960. The molecule has 1 aliphatic heterocycles. The minimum absolute atomic E-state index is 0.226. The minimum atomic E-state index is -0.226. The Labute approximate surface area is 212 Å². The van der Waals surface area contributed by atoms with E-state index < -0.39 is 0 Å². The molecule has 0 unspecified atom stereocenters. The summed E-state index contributed by atoms with van der Waals surface area (Å²) in [5.41, 5.74) is 8.95. The van der Waals surface area contributed by atoms with Gasteiger partial charge in [0.1, 0.15) is 12.7 Å². The first-order valence-electron chi connectivity index (χ1n) is 12.4. The van der Waals surface area contributed by atoms with Crippen molar-refractivity contribution in [1.82, 2.24) is 29.1 Å². The zero-order chi connectivity index (χ0) is 24.7. The molecule has 6 heteroatoms. The fourth-order valence-corrected chi connectivity index (χ4v) is 6.07. The van der Waals surface area contributed by atoms with Crippen LogP contribution in [0.1, 0.15) is 25.0 Å². The third-order valence-corrected chi connectivity index (χ3v) is 7.78. The Morgan fingerprint density at radius 3 is 2.11 bits per heavy atom. The summed E-state index contributed by atoms with van der Waals surface area (Å²) >= 11 is 0. The van der Waals surface area contributed by atoms with Crippen LogP contribution in [0.4, 0.5) is 0 Å². The van der Waals surface area contributed by atoms with Crippen LogP contribution in [0.5, 0.6) is 0 Å².